The van der Waals surface area contributed by atoms with E-state index in [1.807, 2.05) is 42.5 Å². The van der Waals surface area contributed by atoms with Crippen molar-refractivity contribution < 1.29 is 14.3 Å². The number of ether oxygens (including phenoxy) is 2. The van der Waals surface area contributed by atoms with Gasteiger partial charge in [0.25, 0.3) is 0 Å². The monoisotopic (exact) mass is 362 g/mol. The molecule has 0 saturated carbocycles. The predicted octanol–water partition coefficient (Wildman–Crippen LogP) is 3.17. The highest BCUT2D eigenvalue weighted by atomic mass is 35.5. The molecule has 2 N–H and O–H groups in total. The van der Waals surface area contributed by atoms with Crippen molar-refractivity contribution in [1.29, 1.82) is 0 Å². The van der Waals surface area contributed by atoms with Crippen LogP contribution in [0.1, 0.15) is 17.5 Å². The number of aryl methyl sites for hydroxylation is 1. The van der Waals surface area contributed by atoms with Gasteiger partial charge in [-0.3, -0.25) is 4.79 Å². The Hall–Kier alpha value is -2.24. The van der Waals surface area contributed by atoms with E-state index in [-0.39, 0.29) is 18.3 Å². The topological polar surface area (TPSA) is 59.6 Å². The molecule has 6 heteroatoms. The lowest BCUT2D eigenvalue weighted by molar-refractivity contribution is -0.116. The number of benzene rings is 2. The number of rotatable bonds is 5. The summed E-state index contributed by atoms with van der Waals surface area (Å²) in [6.07, 6.45) is 1.14. The van der Waals surface area contributed by atoms with Gasteiger partial charge in [-0.25, -0.2) is 0 Å². The number of anilines is 1. The summed E-state index contributed by atoms with van der Waals surface area (Å²) < 4.78 is 10.8. The van der Waals surface area contributed by atoms with E-state index in [9.17, 15) is 4.79 Å². The second-order valence-corrected chi connectivity index (χ2v) is 5.74. The SMILES string of the molecule is COc1ccc(CCC(=O)Nc2ccc3c(c2)CNCCO3)cc1.Cl. The van der Waals surface area contributed by atoms with E-state index >= 15 is 0 Å². The second kappa shape index (κ2) is 9.30. The highest BCUT2D eigenvalue weighted by molar-refractivity contribution is 5.91. The third-order valence-corrected chi connectivity index (χ3v) is 4.00. The van der Waals surface area contributed by atoms with Crippen molar-refractivity contribution in [3.05, 3.63) is 53.6 Å². The van der Waals surface area contributed by atoms with Crippen LogP contribution in [0.15, 0.2) is 42.5 Å². The van der Waals surface area contributed by atoms with Crippen molar-refractivity contribution >= 4 is 24.0 Å². The fourth-order valence-corrected chi connectivity index (χ4v) is 2.67. The first-order valence-corrected chi connectivity index (χ1v) is 8.14. The Bertz CT molecular complexity index is 704. The molecule has 0 aromatic heterocycles. The molecule has 1 aliphatic heterocycles. The molecule has 0 radical (unpaired) electrons. The van der Waals surface area contributed by atoms with Crippen molar-refractivity contribution in [2.75, 3.05) is 25.6 Å². The molecular formula is C19H23ClN2O3. The van der Waals surface area contributed by atoms with Gasteiger partial charge in [-0.05, 0) is 42.3 Å². The molecule has 5 nitrogen and oxygen atoms in total. The van der Waals surface area contributed by atoms with E-state index < -0.39 is 0 Å². The first-order chi connectivity index (χ1) is 11.7. The molecule has 3 rings (SSSR count). The largest absolute Gasteiger partial charge is 0.497 e. The van der Waals surface area contributed by atoms with Crippen molar-refractivity contribution in [2.45, 2.75) is 19.4 Å². The summed E-state index contributed by atoms with van der Waals surface area (Å²) in [6, 6.07) is 13.6. The van der Waals surface area contributed by atoms with Gasteiger partial charge in [0.15, 0.2) is 0 Å². The number of hydrogen-bond donors (Lipinski definition) is 2. The average molecular weight is 363 g/mol. The molecule has 2 aromatic carbocycles. The summed E-state index contributed by atoms with van der Waals surface area (Å²) in [6.45, 7) is 2.25. The van der Waals surface area contributed by atoms with Gasteiger partial charge in [-0.2, -0.15) is 0 Å². The van der Waals surface area contributed by atoms with Gasteiger partial charge in [0, 0.05) is 30.8 Å². The van der Waals surface area contributed by atoms with Gasteiger partial charge >= 0.3 is 0 Å². The van der Waals surface area contributed by atoms with Crippen LogP contribution in [-0.2, 0) is 17.8 Å². The van der Waals surface area contributed by atoms with Crippen LogP contribution in [0.4, 0.5) is 5.69 Å². The maximum absolute atomic E-state index is 12.2. The van der Waals surface area contributed by atoms with Gasteiger partial charge in [0.05, 0.1) is 7.11 Å². The number of fused-ring (bicyclic) bond motifs is 1. The summed E-state index contributed by atoms with van der Waals surface area (Å²) in [7, 11) is 1.64. The van der Waals surface area contributed by atoms with Gasteiger partial charge in [-0.1, -0.05) is 12.1 Å². The third-order valence-electron chi connectivity index (χ3n) is 4.00. The predicted molar refractivity (Wildman–Crippen MR) is 101 cm³/mol. The first kappa shape index (κ1) is 19.1. The minimum atomic E-state index is 0. The summed E-state index contributed by atoms with van der Waals surface area (Å²) >= 11 is 0. The van der Waals surface area contributed by atoms with E-state index in [0.29, 0.717) is 19.4 Å². The quantitative estimate of drug-likeness (QED) is 0.857. The molecule has 134 valence electrons. The van der Waals surface area contributed by atoms with Gasteiger partial charge < -0.3 is 20.1 Å². The van der Waals surface area contributed by atoms with E-state index in [2.05, 4.69) is 10.6 Å². The molecule has 1 heterocycles. The Morgan fingerprint density at radius 2 is 2.04 bits per heavy atom. The van der Waals surface area contributed by atoms with Crippen molar-refractivity contribution in [1.82, 2.24) is 5.32 Å². The lowest BCUT2D eigenvalue weighted by Crippen LogP contribution is -2.16. The van der Waals surface area contributed by atoms with Gasteiger partial charge in [0.1, 0.15) is 18.1 Å². The fourth-order valence-electron chi connectivity index (χ4n) is 2.67. The number of halogens is 1. The zero-order valence-electron chi connectivity index (χ0n) is 14.2. The van der Waals surface area contributed by atoms with Crippen LogP contribution in [0.5, 0.6) is 11.5 Å². The number of carbonyl (C=O) groups is 1. The van der Waals surface area contributed by atoms with Crippen molar-refractivity contribution in [3.8, 4) is 11.5 Å². The van der Waals surface area contributed by atoms with E-state index in [4.69, 9.17) is 9.47 Å². The van der Waals surface area contributed by atoms with E-state index in [1.54, 1.807) is 7.11 Å². The molecular weight excluding hydrogens is 340 g/mol. The molecule has 0 spiro atoms. The molecule has 1 amide bonds. The van der Waals surface area contributed by atoms with Crippen molar-refractivity contribution in [3.63, 3.8) is 0 Å². The molecule has 0 aliphatic carbocycles. The number of amides is 1. The van der Waals surface area contributed by atoms with Crippen LogP contribution >= 0.6 is 12.4 Å². The number of methoxy groups -OCH3 is 1. The molecule has 0 atom stereocenters. The van der Waals surface area contributed by atoms with Crippen LogP contribution in [0.25, 0.3) is 0 Å². The van der Waals surface area contributed by atoms with E-state index in [0.717, 1.165) is 41.4 Å². The second-order valence-electron chi connectivity index (χ2n) is 5.74. The van der Waals surface area contributed by atoms with Crippen LogP contribution in [0, 0.1) is 0 Å². The molecule has 25 heavy (non-hydrogen) atoms. The Balaban J connectivity index is 0.00000225. The zero-order valence-corrected chi connectivity index (χ0v) is 15.0. The first-order valence-electron chi connectivity index (χ1n) is 8.14. The third kappa shape index (κ3) is 5.37. The van der Waals surface area contributed by atoms with Crippen LogP contribution < -0.4 is 20.1 Å². The number of carbonyl (C=O) groups excluding carboxylic acids is 1. The average Bonchev–Trinajstić information content (AvgIpc) is 2.85. The maximum atomic E-state index is 12.2. The van der Waals surface area contributed by atoms with Crippen molar-refractivity contribution in [2.24, 2.45) is 0 Å². The Morgan fingerprint density at radius 1 is 1.24 bits per heavy atom. The molecule has 2 aromatic rings. The minimum Gasteiger partial charge on any atom is -0.497 e. The summed E-state index contributed by atoms with van der Waals surface area (Å²) in [5.74, 6) is 1.72. The van der Waals surface area contributed by atoms with Crippen LogP contribution in [0.3, 0.4) is 0 Å². The lowest BCUT2D eigenvalue weighted by atomic mass is 10.1. The lowest BCUT2D eigenvalue weighted by Gasteiger charge is -2.10. The molecule has 1 aliphatic rings. The summed E-state index contributed by atoms with van der Waals surface area (Å²) in [5, 5.41) is 6.25. The highest BCUT2D eigenvalue weighted by Gasteiger charge is 2.10. The zero-order chi connectivity index (χ0) is 16.8. The van der Waals surface area contributed by atoms with Gasteiger partial charge in [-0.15, -0.1) is 12.4 Å². The summed E-state index contributed by atoms with van der Waals surface area (Å²) in [5.41, 5.74) is 2.99. The molecule has 0 unspecified atom stereocenters. The Labute approximate surface area is 154 Å². The molecule has 0 saturated heterocycles. The fraction of sp³-hybridized carbons (Fsp3) is 0.316. The minimum absolute atomic E-state index is 0. The van der Waals surface area contributed by atoms with Crippen LogP contribution in [-0.4, -0.2) is 26.2 Å². The number of hydrogen-bond acceptors (Lipinski definition) is 4. The molecule has 0 bridgehead atoms. The normalized spacial score (nSPS) is 12.8. The summed E-state index contributed by atoms with van der Waals surface area (Å²) in [4.78, 5) is 12.2. The number of nitrogens with one attached hydrogen (secondary N) is 2. The van der Waals surface area contributed by atoms with E-state index in [1.165, 1.54) is 0 Å². The highest BCUT2D eigenvalue weighted by Crippen LogP contribution is 2.24. The standard InChI is InChI=1S/C19H22N2O3.ClH/c1-23-17-6-2-14(3-7-17)4-9-19(22)21-16-5-8-18-15(12-16)13-20-10-11-24-18;/h2-3,5-8,12,20H,4,9-11,13H2,1H3,(H,21,22);1H. The van der Waals surface area contributed by atoms with Crippen LogP contribution in [0.2, 0.25) is 0 Å². The van der Waals surface area contributed by atoms with Gasteiger partial charge in [0.2, 0.25) is 5.91 Å². The smallest absolute Gasteiger partial charge is 0.224 e. The Morgan fingerprint density at radius 3 is 2.80 bits per heavy atom. The Kier molecular flexibility index (Phi) is 7.10. The molecule has 0 fully saturated rings. The maximum Gasteiger partial charge on any atom is 0.224 e.